The lowest BCUT2D eigenvalue weighted by Crippen LogP contribution is -2.48. The third kappa shape index (κ3) is 3.91. The van der Waals surface area contributed by atoms with Crippen LogP contribution in [0.4, 0.5) is 0 Å². The summed E-state index contributed by atoms with van der Waals surface area (Å²) in [6, 6.07) is 11.5. The van der Waals surface area contributed by atoms with E-state index >= 15 is 0 Å². The van der Waals surface area contributed by atoms with Crippen molar-refractivity contribution in [1.29, 1.82) is 0 Å². The second-order valence-corrected chi connectivity index (χ2v) is 6.65. The Bertz CT molecular complexity index is 857. The number of nitrogens with zero attached hydrogens (tertiary/aromatic N) is 2. The number of rotatable bonds is 5. The molecule has 0 saturated carbocycles. The molecule has 2 atom stereocenters. The number of likely N-dealkylation sites (N-methyl/N-ethyl adjacent to an activating group) is 1. The normalized spacial score (nSPS) is 20.7. The molecule has 1 aliphatic heterocycles. The summed E-state index contributed by atoms with van der Waals surface area (Å²) in [7, 11) is 1.86. The largest absolute Gasteiger partial charge is 0.368 e. The van der Waals surface area contributed by atoms with Gasteiger partial charge in [-0.3, -0.25) is 23.9 Å². The second kappa shape index (κ2) is 7.66. The van der Waals surface area contributed by atoms with Gasteiger partial charge in [0.2, 0.25) is 5.91 Å². The van der Waals surface area contributed by atoms with Gasteiger partial charge in [-0.1, -0.05) is 6.07 Å². The summed E-state index contributed by atoms with van der Waals surface area (Å²) >= 11 is 0. The van der Waals surface area contributed by atoms with Crippen LogP contribution in [0, 0.1) is 12.3 Å². The average molecular weight is 352 g/mol. The number of carbonyl (C=O) groups excluding carboxylic acids is 2. The second-order valence-electron chi connectivity index (χ2n) is 6.65. The zero-order chi connectivity index (χ0) is 18.7. The number of aromatic nitrogens is 1. The molecule has 1 fully saturated rings. The van der Waals surface area contributed by atoms with Gasteiger partial charge in [-0.15, -0.1) is 0 Å². The SMILES string of the molecule is CN1CCC(CC(=O)c2ccc(-n3ccccc3=O)cc2)[CH]C1C(N)=O. The molecule has 1 radical (unpaired) electrons. The van der Waals surface area contributed by atoms with Crippen LogP contribution in [-0.2, 0) is 4.79 Å². The molecule has 26 heavy (non-hydrogen) atoms. The topological polar surface area (TPSA) is 85.4 Å². The molecule has 0 spiro atoms. The Morgan fingerprint density at radius 2 is 1.88 bits per heavy atom. The minimum absolute atomic E-state index is 0.0194. The molecule has 1 aromatic heterocycles. The Labute approximate surface area is 152 Å². The molecule has 6 heteroatoms. The summed E-state index contributed by atoms with van der Waals surface area (Å²) in [5.41, 5.74) is 6.61. The summed E-state index contributed by atoms with van der Waals surface area (Å²) in [6.07, 6.45) is 4.74. The summed E-state index contributed by atoms with van der Waals surface area (Å²) in [5, 5.41) is 0. The molecule has 2 unspecified atom stereocenters. The molecule has 135 valence electrons. The Morgan fingerprint density at radius 1 is 1.15 bits per heavy atom. The van der Waals surface area contributed by atoms with Crippen molar-refractivity contribution in [1.82, 2.24) is 9.47 Å². The standard InChI is InChI=1S/C20H22N3O3/c1-22-11-9-14(12-17(22)20(21)26)13-18(24)15-5-7-16(8-6-15)23-10-3-2-4-19(23)25/h2-8,10,12,14,17H,9,11,13H2,1H3,(H2,21,26). The van der Waals surface area contributed by atoms with Gasteiger partial charge >= 0.3 is 0 Å². The van der Waals surface area contributed by atoms with Gasteiger partial charge in [0.1, 0.15) is 0 Å². The number of hydrogen-bond donors (Lipinski definition) is 1. The lowest BCUT2D eigenvalue weighted by molar-refractivity contribution is -0.122. The van der Waals surface area contributed by atoms with Crippen molar-refractivity contribution < 1.29 is 9.59 Å². The van der Waals surface area contributed by atoms with E-state index in [1.54, 1.807) is 42.6 Å². The number of amides is 1. The van der Waals surface area contributed by atoms with Gasteiger partial charge in [-0.05, 0) is 62.7 Å². The van der Waals surface area contributed by atoms with Crippen molar-refractivity contribution in [2.45, 2.75) is 18.9 Å². The van der Waals surface area contributed by atoms with E-state index in [9.17, 15) is 14.4 Å². The van der Waals surface area contributed by atoms with Crippen LogP contribution < -0.4 is 11.3 Å². The van der Waals surface area contributed by atoms with Crippen molar-refractivity contribution in [3.63, 3.8) is 0 Å². The molecule has 2 aromatic rings. The fraction of sp³-hybridized carbons (Fsp3) is 0.300. The third-order valence-corrected chi connectivity index (χ3v) is 4.81. The molecule has 2 N–H and O–H groups in total. The Balaban J connectivity index is 1.68. The van der Waals surface area contributed by atoms with Crippen molar-refractivity contribution in [2.75, 3.05) is 13.6 Å². The zero-order valence-electron chi connectivity index (χ0n) is 14.7. The first-order valence-electron chi connectivity index (χ1n) is 8.61. The number of ketones is 1. The maximum Gasteiger partial charge on any atom is 0.255 e. The van der Waals surface area contributed by atoms with Gasteiger partial charge in [0.15, 0.2) is 5.78 Å². The van der Waals surface area contributed by atoms with Crippen LogP contribution in [0.1, 0.15) is 23.2 Å². The number of benzene rings is 1. The summed E-state index contributed by atoms with van der Waals surface area (Å²) in [5.74, 6) is -0.332. The molecular weight excluding hydrogens is 330 g/mol. The van der Waals surface area contributed by atoms with Gasteiger partial charge in [0.25, 0.3) is 5.56 Å². The van der Waals surface area contributed by atoms with E-state index in [4.69, 9.17) is 5.73 Å². The van der Waals surface area contributed by atoms with E-state index in [-0.39, 0.29) is 23.2 Å². The highest BCUT2D eigenvalue weighted by molar-refractivity contribution is 5.96. The first-order valence-corrected chi connectivity index (χ1v) is 8.61. The summed E-state index contributed by atoms with van der Waals surface area (Å²) in [6.45, 7) is 0.734. The highest BCUT2D eigenvalue weighted by Gasteiger charge is 2.31. The molecule has 1 aliphatic rings. The molecule has 1 amide bonds. The summed E-state index contributed by atoms with van der Waals surface area (Å²) in [4.78, 5) is 37.8. The number of nitrogens with two attached hydrogens (primary N) is 1. The first-order chi connectivity index (χ1) is 12.5. The molecule has 2 heterocycles. The predicted octanol–water partition coefficient (Wildman–Crippen LogP) is 1.42. The fourth-order valence-corrected chi connectivity index (χ4v) is 3.30. The van der Waals surface area contributed by atoms with E-state index in [1.165, 1.54) is 10.6 Å². The monoisotopic (exact) mass is 352 g/mol. The lowest BCUT2D eigenvalue weighted by atomic mass is 9.86. The van der Waals surface area contributed by atoms with Crippen LogP contribution in [0.5, 0.6) is 0 Å². The van der Waals surface area contributed by atoms with Crippen molar-refractivity contribution in [3.05, 3.63) is 71.0 Å². The van der Waals surface area contributed by atoms with Gasteiger partial charge in [-0.25, -0.2) is 0 Å². The lowest BCUT2D eigenvalue weighted by Gasteiger charge is -2.34. The average Bonchev–Trinajstić information content (AvgIpc) is 2.63. The first kappa shape index (κ1) is 18.1. The molecule has 1 aromatic carbocycles. The smallest absolute Gasteiger partial charge is 0.255 e. The van der Waals surface area contributed by atoms with Crippen molar-refractivity contribution >= 4 is 11.7 Å². The summed E-state index contributed by atoms with van der Waals surface area (Å²) < 4.78 is 1.52. The molecule has 1 saturated heterocycles. The van der Waals surface area contributed by atoms with Gasteiger partial charge in [0.05, 0.1) is 6.04 Å². The molecule has 0 aliphatic carbocycles. The highest BCUT2D eigenvalue weighted by Crippen LogP contribution is 2.25. The number of piperidine rings is 1. The van der Waals surface area contributed by atoms with E-state index in [2.05, 4.69) is 0 Å². The highest BCUT2D eigenvalue weighted by atomic mass is 16.1. The van der Waals surface area contributed by atoms with Crippen LogP contribution in [0.2, 0.25) is 0 Å². The zero-order valence-corrected chi connectivity index (χ0v) is 14.7. The number of Topliss-reactive ketones (excluding diaryl/α,β-unsaturated/α-hetero) is 1. The van der Waals surface area contributed by atoms with E-state index in [0.29, 0.717) is 17.7 Å². The third-order valence-electron chi connectivity index (χ3n) is 4.81. The molecule has 3 rings (SSSR count). The van der Waals surface area contributed by atoms with E-state index in [1.807, 2.05) is 18.4 Å². The van der Waals surface area contributed by atoms with Gasteiger partial charge in [0, 0.05) is 29.9 Å². The number of carbonyl (C=O) groups is 2. The van der Waals surface area contributed by atoms with Gasteiger partial charge < -0.3 is 5.73 Å². The Morgan fingerprint density at radius 3 is 2.54 bits per heavy atom. The van der Waals surface area contributed by atoms with Gasteiger partial charge in [-0.2, -0.15) is 0 Å². The number of hydrogen-bond acceptors (Lipinski definition) is 4. The molecule has 0 bridgehead atoms. The van der Waals surface area contributed by atoms with Crippen molar-refractivity contribution in [3.8, 4) is 5.69 Å². The minimum Gasteiger partial charge on any atom is -0.368 e. The van der Waals surface area contributed by atoms with Crippen LogP contribution in [0.15, 0.2) is 53.5 Å². The maximum atomic E-state index is 12.6. The van der Waals surface area contributed by atoms with Crippen LogP contribution >= 0.6 is 0 Å². The van der Waals surface area contributed by atoms with Crippen molar-refractivity contribution in [2.24, 2.45) is 11.7 Å². The predicted molar refractivity (Wildman–Crippen MR) is 99.0 cm³/mol. The quantitative estimate of drug-likeness (QED) is 0.825. The maximum absolute atomic E-state index is 12.6. The minimum atomic E-state index is -0.422. The van der Waals surface area contributed by atoms with Crippen LogP contribution in [0.25, 0.3) is 5.69 Å². The number of likely N-dealkylation sites (tertiary alicyclic amines) is 1. The van der Waals surface area contributed by atoms with E-state index < -0.39 is 6.04 Å². The Kier molecular flexibility index (Phi) is 5.32. The van der Waals surface area contributed by atoms with Crippen LogP contribution in [0.3, 0.4) is 0 Å². The molecule has 6 nitrogen and oxygen atoms in total. The fourth-order valence-electron chi connectivity index (χ4n) is 3.30. The molecular formula is C20H22N3O3. The Hall–Kier alpha value is -2.73. The number of primary amides is 1. The number of pyridine rings is 1. The van der Waals surface area contributed by atoms with Crippen LogP contribution in [-0.4, -0.2) is 40.8 Å². The van der Waals surface area contributed by atoms with E-state index in [0.717, 1.165) is 13.0 Å².